The molecule has 0 saturated carbocycles. The molecule has 0 aliphatic carbocycles. The first-order chi connectivity index (χ1) is 10.2. The van der Waals surface area contributed by atoms with Gasteiger partial charge in [0, 0.05) is 18.7 Å². The Morgan fingerprint density at radius 3 is 2.24 bits per heavy atom. The van der Waals surface area contributed by atoms with E-state index in [1.54, 1.807) is 14.2 Å². The van der Waals surface area contributed by atoms with Crippen molar-refractivity contribution in [3.8, 4) is 11.5 Å². The molecule has 2 rings (SSSR count). The number of nitrogens with one attached hydrogen (secondary N) is 1. The first-order valence-electron chi connectivity index (χ1n) is 7.92. The van der Waals surface area contributed by atoms with Crippen molar-refractivity contribution in [2.75, 3.05) is 33.9 Å². The van der Waals surface area contributed by atoms with Crippen molar-refractivity contribution in [3.63, 3.8) is 0 Å². The molecule has 1 saturated heterocycles. The maximum atomic E-state index is 5.32. The minimum atomic E-state index is 0.621. The van der Waals surface area contributed by atoms with Gasteiger partial charge in [-0.1, -0.05) is 6.92 Å². The standard InChI is InChI=1S/C17H28N2O2/c1-4-7-19-8-5-15(6-9-19)18-13-14-10-16(20-2)12-17(11-14)21-3/h10-12,15,18H,4-9,13H2,1-3H3. The highest BCUT2D eigenvalue weighted by Gasteiger charge is 2.17. The fourth-order valence-corrected chi connectivity index (χ4v) is 2.91. The van der Waals surface area contributed by atoms with Crippen molar-refractivity contribution in [2.45, 2.75) is 38.8 Å². The van der Waals surface area contributed by atoms with Crippen LogP contribution in [0.2, 0.25) is 0 Å². The lowest BCUT2D eigenvalue weighted by Crippen LogP contribution is -2.42. The summed E-state index contributed by atoms with van der Waals surface area (Å²) in [7, 11) is 3.38. The second-order valence-electron chi connectivity index (χ2n) is 5.72. The largest absolute Gasteiger partial charge is 0.497 e. The lowest BCUT2D eigenvalue weighted by Gasteiger charge is -2.32. The Bertz CT molecular complexity index is 407. The number of piperidine rings is 1. The zero-order valence-electron chi connectivity index (χ0n) is 13.5. The van der Waals surface area contributed by atoms with Gasteiger partial charge in [-0.15, -0.1) is 0 Å². The Hall–Kier alpha value is -1.26. The number of hydrogen-bond acceptors (Lipinski definition) is 4. The summed E-state index contributed by atoms with van der Waals surface area (Å²) in [6, 6.07) is 6.67. The predicted molar refractivity (Wildman–Crippen MR) is 86.1 cm³/mol. The summed E-state index contributed by atoms with van der Waals surface area (Å²) in [5.41, 5.74) is 1.21. The van der Waals surface area contributed by atoms with E-state index in [2.05, 4.69) is 29.3 Å². The average molecular weight is 292 g/mol. The maximum absolute atomic E-state index is 5.32. The molecule has 0 bridgehead atoms. The molecular formula is C17H28N2O2. The molecule has 4 heteroatoms. The molecule has 0 atom stereocenters. The molecule has 118 valence electrons. The number of hydrogen-bond donors (Lipinski definition) is 1. The van der Waals surface area contributed by atoms with Crippen molar-refractivity contribution in [3.05, 3.63) is 23.8 Å². The molecule has 0 amide bonds. The van der Waals surface area contributed by atoms with Crippen molar-refractivity contribution in [1.82, 2.24) is 10.2 Å². The molecule has 1 aromatic carbocycles. The topological polar surface area (TPSA) is 33.7 Å². The number of ether oxygens (including phenoxy) is 2. The lowest BCUT2D eigenvalue weighted by atomic mass is 10.0. The van der Waals surface area contributed by atoms with Gasteiger partial charge < -0.3 is 19.7 Å². The number of benzene rings is 1. The van der Waals surface area contributed by atoms with Crippen molar-refractivity contribution in [2.24, 2.45) is 0 Å². The summed E-state index contributed by atoms with van der Waals surface area (Å²) in [5, 5.41) is 3.67. The summed E-state index contributed by atoms with van der Waals surface area (Å²) >= 11 is 0. The van der Waals surface area contributed by atoms with Crippen LogP contribution < -0.4 is 14.8 Å². The molecule has 0 aromatic heterocycles. The summed E-state index contributed by atoms with van der Waals surface area (Å²) in [6.45, 7) is 6.78. The van der Waals surface area contributed by atoms with Gasteiger partial charge in [0.2, 0.25) is 0 Å². The van der Waals surface area contributed by atoms with E-state index in [9.17, 15) is 0 Å². The summed E-state index contributed by atoms with van der Waals surface area (Å²) in [4.78, 5) is 2.56. The van der Waals surface area contributed by atoms with Gasteiger partial charge in [-0.05, 0) is 56.6 Å². The monoisotopic (exact) mass is 292 g/mol. The highest BCUT2D eigenvalue weighted by atomic mass is 16.5. The van der Waals surface area contributed by atoms with E-state index >= 15 is 0 Å². The highest BCUT2D eigenvalue weighted by Crippen LogP contribution is 2.22. The van der Waals surface area contributed by atoms with Crippen LogP contribution in [0.15, 0.2) is 18.2 Å². The van der Waals surface area contributed by atoms with E-state index in [1.165, 1.54) is 44.5 Å². The lowest BCUT2D eigenvalue weighted by molar-refractivity contribution is 0.197. The van der Waals surface area contributed by atoms with Crippen LogP contribution in [0.5, 0.6) is 11.5 Å². The van der Waals surface area contributed by atoms with E-state index < -0.39 is 0 Å². The zero-order chi connectivity index (χ0) is 15.1. The van der Waals surface area contributed by atoms with Gasteiger partial charge in [0.05, 0.1) is 14.2 Å². The van der Waals surface area contributed by atoms with Gasteiger partial charge in [0.25, 0.3) is 0 Å². The number of likely N-dealkylation sites (tertiary alicyclic amines) is 1. The van der Waals surface area contributed by atoms with Gasteiger partial charge in [-0.3, -0.25) is 0 Å². The van der Waals surface area contributed by atoms with Gasteiger partial charge in [-0.2, -0.15) is 0 Å². The molecule has 4 nitrogen and oxygen atoms in total. The number of nitrogens with zero attached hydrogens (tertiary/aromatic N) is 1. The van der Waals surface area contributed by atoms with E-state index in [4.69, 9.17) is 9.47 Å². The van der Waals surface area contributed by atoms with Gasteiger partial charge in [0.1, 0.15) is 11.5 Å². The molecule has 1 heterocycles. The molecule has 1 fully saturated rings. The van der Waals surface area contributed by atoms with Crippen LogP contribution in [0.4, 0.5) is 0 Å². The molecule has 0 spiro atoms. The number of rotatable bonds is 7. The number of methoxy groups -OCH3 is 2. The van der Waals surface area contributed by atoms with Crippen LogP contribution in [0.1, 0.15) is 31.7 Å². The second kappa shape index (κ2) is 8.25. The van der Waals surface area contributed by atoms with Gasteiger partial charge >= 0.3 is 0 Å². The molecular weight excluding hydrogens is 264 g/mol. The summed E-state index contributed by atoms with van der Waals surface area (Å²) in [5.74, 6) is 1.70. The highest BCUT2D eigenvalue weighted by molar-refractivity contribution is 5.38. The van der Waals surface area contributed by atoms with Crippen LogP contribution in [-0.4, -0.2) is 44.8 Å². The van der Waals surface area contributed by atoms with Crippen molar-refractivity contribution in [1.29, 1.82) is 0 Å². The molecule has 1 N–H and O–H groups in total. The Balaban J connectivity index is 1.83. The minimum Gasteiger partial charge on any atom is -0.497 e. The smallest absolute Gasteiger partial charge is 0.122 e. The Morgan fingerprint density at radius 1 is 1.10 bits per heavy atom. The third-order valence-corrected chi connectivity index (χ3v) is 4.13. The fourth-order valence-electron chi connectivity index (χ4n) is 2.91. The zero-order valence-corrected chi connectivity index (χ0v) is 13.5. The van der Waals surface area contributed by atoms with Crippen LogP contribution in [0.3, 0.4) is 0 Å². The fraction of sp³-hybridized carbons (Fsp3) is 0.647. The van der Waals surface area contributed by atoms with Crippen molar-refractivity contribution >= 4 is 0 Å². The Labute approximate surface area is 128 Å². The van der Waals surface area contributed by atoms with E-state index in [0.717, 1.165) is 18.0 Å². The molecule has 21 heavy (non-hydrogen) atoms. The first-order valence-corrected chi connectivity index (χ1v) is 7.92. The summed E-state index contributed by atoms with van der Waals surface area (Å²) in [6.07, 6.45) is 3.73. The Kier molecular flexibility index (Phi) is 6.33. The van der Waals surface area contributed by atoms with Crippen molar-refractivity contribution < 1.29 is 9.47 Å². The first kappa shape index (κ1) is 16.1. The normalized spacial score (nSPS) is 16.9. The minimum absolute atomic E-state index is 0.621. The SMILES string of the molecule is CCCN1CCC(NCc2cc(OC)cc(OC)c2)CC1. The van der Waals surface area contributed by atoms with Crippen LogP contribution in [0, 0.1) is 0 Å². The third kappa shape index (κ3) is 4.90. The quantitative estimate of drug-likeness (QED) is 0.838. The molecule has 1 aliphatic heterocycles. The molecule has 0 unspecified atom stereocenters. The van der Waals surface area contributed by atoms with E-state index in [0.29, 0.717) is 6.04 Å². The van der Waals surface area contributed by atoms with E-state index in [1.807, 2.05) is 6.07 Å². The predicted octanol–water partition coefficient (Wildman–Crippen LogP) is 2.67. The van der Waals surface area contributed by atoms with Gasteiger partial charge in [0.15, 0.2) is 0 Å². The van der Waals surface area contributed by atoms with Crippen LogP contribution >= 0.6 is 0 Å². The van der Waals surface area contributed by atoms with Crippen LogP contribution in [-0.2, 0) is 6.54 Å². The molecule has 0 radical (unpaired) electrons. The Morgan fingerprint density at radius 2 is 1.71 bits per heavy atom. The second-order valence-corrected chi connectivity index (χ2v) is 5.72. The average Bonchev–Trinajstić information content (AvgIpc) is 2.54. The maximum Gasteiger partial charge on any atom is 0.122 e. The van der Waals surface area contributed by atoms with Crippen LogP contribution in [0.25, 0.3) is 0 Å². The molecule has 1 aromatic rings. The molecule has 1 aliphatic rings. The van der Waals surface area contributed by atoms with E-state index in [-0.39, 0.29) is 0 Å². The third-order valence-electron chi connectivity index (χ3n) is 4.13. The summed E-state index contributed by atoms with van der Waals surface area (Å²) < 4.78 is 10.6. The van der Waals surface area contributed by atoms with Gasteiger partial charge in [-0.25, -0.2) is 0 Å².